The first-order chi connectivity index (χ1) is 11.5. The maximum absolute atomic E-state index is 12.3. The zero-order valence-corrected chi connectivity index (χ0v) is 14.1. The van der Waals surface area contributed by atoms with Crippen molar-refractivity contribution in [2.24, 2.45) is 0 Å². The molecule has 0 spiro atoms. The summed E-state index contributed by atoms with van der Waals surface area (Å²) in [6, 6.07) is 10.5. The summed E-state index contributed by atoms with van der Waals surface area (Å²) in [7, 11) is 0. The predicted molar refractivity (Wildman–Crippen MR) is 94.0 cm³/mol. The second kappa shape index (κ2) is 6.91. The molecule has 0 aliphatic rings. The molecule has 3 aromatic rings. The fourth-order valence-electron chi connectivity index (χ4n) is 2.04. The van der Waals surface area contributed by atoms with Crippen LogP contribution >= 0.6 is 23.4 Å². The Balaban J connectivity index is 1.69. The number of thioether (sulfide) groups is 1. The average molecular weight is 358 g/mol. The SMILES string of the molecule is C[C@H](Sc1nc2ncc(Cl)cc2[nH]1)C(=O)Nc1cccc(C#N)c1. The van der Waals surface area contributed by atoms with E-state index in [-0.39, 0.29) is 11.2 Å². The zero-order chi connectivity index (χ0) is 17.1. The monoisotopic (exact) mass is 357 g/mol. The maximum Gasteiger partial charge on any atom is 0.237 e. The van der Waals surface area contributed by atoms with Gasteiger partial charge in [0.25, 0.3) is 0 Å². The molecule has 0 bridgehead atoms. The van der Waals surface area contributed by atoms with E-state index in [0.29, 0.717) is 27.1 Å². The van der Waals surface area contributed by atoms with E-state index in [2.05, 4.69) is 20.3 Å². The first-order valence-corrected chi connectivity index (χ1v) is 8.30. The molecular formula is C16H12ClN5OS. The first kappa shape index (κ1) is 16.3. The summed E-state index contributed by atoms with van der Waals surface area (Å²) in [4.78, 5) is 23.8. The van der Waals surface area contributed by atoms with Crippen LogP contribution in [0.3, 0.4) is 0 Å². The van der Waals surface area contributed by atoms with E-state index >= 15 is 0 Å². The number of hydrogen-bond donors (Lipinski definition) is 2. The molecule has 1 aromatic carbocycles. The normalized spacial score (nSPS) is 11.9. The zero-order valence-electron chi connectivity index (χ0n) is 12.6. The van der Waals surface area contributed by atoms with Gasteiger partial charge in [0.15, 0.2) is 10.8 Å². The average Bonchev–Trinajstić information content (AvgIpc) is 2.96. The van der Waals surface area contributed by atoms with Gasteiger partial charge in [-0.05, 0) is 31.2 Å². The number of benzene rings is 1. The molecule has 0 radical (unpaired) electrons. The lowest BCUT2D eigenvalue weighted by Crippen LogP contribution is -2.22. The Hall–Kier alpha value is -2.56. The van der Waals surface area contributed by atoms with Gasteiger partial charge in [-0.15, -0.1) is 0 Å². The van der Waals surface area contributed by atoms with Crippen molar-refractivity contribution in [3.63, 3.8) is 0 Å². The number of aromatic nitrogens is 3. The van der Waals surface area contributed by atoms with Gasteiger partial charge < -0.3 is 10.3 Å². The Morgan fingerprint density at radius 3 is 3.08 bits per heavy atom. The highest BCUT2D eigenvalue weighted by atomic mass is 35.5. The van der Waals surface area contributed by atoms with E-state index in [9.17, 15) is 4.79 Å². The van der Waals surface area contributed by atoms with Crippen LogP contribution in [0.4, 0.5) is 5.69 Å². The van der Waals surface area contributed by atoms with Crippen molar-refractivity contribution in [1.29, 1.82) is 5.26 Å². The molecule has 24 heavy (non-hydrogen) atoms. The van der Waals surface area contributed by atoms with E-state index in [1.807, 2.05) is 6.07 Å². The number of aromatic amines is 1. The minimum absolute atomic E-state index is 0.179. The number of nitrogens with one attached hydrogen (secondary N) is 2. The molecule has 1 atom stereocenters. The molecule has 2 aromatic heterocycles. The van der Waals surface area contributed by atoms with Gasteiger partial charge in [-0.1, -0.05) is 29.4 Å². The Kier molecular flexibility index (Phi) is 4.69. The Labute approximate surface area is 147 Å². The Bertz CT molecular complexity index is 949. The van der Waals surface area contributed by atoms with Gasteiger partial charge in [0, 0.05) is 11.9 Å². The van der Waals surface area contributed by atoms with Crippen molar-refractivity contribution < 1.29 is 4.79 Å². The van der Waals surface area contributed by atoms with Crippen LogP contribution in [0.25, 0.3) is 11.2 Å². The molecule has 2 heterocycles. The number of imidazole rings is 1. The van der Waals surface area contributed by atoms with Crippen LogP contribution in [-0.2, 0) is 4.79 Å². The molecular weight excluding hydrogens is 346 g/mol. The lowest BCUT2D eigenvalue weighted by Gasteiger charge is -2.10. The number of anilines is 1. The molecule has 2 N–H and O–H groups in total. The van der Waals surface area contributed by atoms with Gasteiger partial charge in [0.05, 0.1) is 27.4 Å². The highest BCUT2D eigenvalue weighted by Crippen LogP contribution is 2.24. The molecule has 0 aliphatic heterocycles. The van der Waals surface area contributed by atoms with Crippen LogP contribution in [0.5, 0.6) is 0 Å². The van der Waals surface area contributed by atoms with Crippen LogP contribution < -0.4 is 5.32 Å². The summed E-state index contributed by atoms with van der Waals surface area (Å²) in [6.07, 6.45) is 1.53. The fraction of sp³-hybridized carbons (Fsp3) is 0.125. The standard InChI is InChI=1S/C16H12ClN5OS/c1-9(15(23)20-12-4-2-3-10(5-12)7-18)24-16-21-13-6-11(17)8-19-14(13)22-16/h2-6,8-9H,1H3,(H,20,23)(H,19,21,22)/t9-/m0/s1. The minimum Gasteiger partial charge on any atom is -0.331 e. The van der Waals surface area contributed by atoms with Gasteiger partial charge in [-0.3, -0.25) is 4.79 Å². The number of carbonyl (C=O) groups excluding carboxylic acids is 1. The van der Waals surface area contributed by atoms with Crippen LogP contribution in [0, 0.1) is 11.3 Å². The highest BCUT2D eigenvalue weighted by molar-refractivity contribution is 8.00. The number of carbonyl (C=O) groups is 1. The van der Waals surface area contributed by atoms with E-state index in [0.717, 1.165) is 5.52 Å². The molecule has 8 heteroatoms. The quantitative estimate of drug-likeness (QED) is 0.695. The van der Waals surface area contributed by atoms with Crippen molar-refractivity contribution in [2.45, 2.75) is 17.3 Å². The molecule has 3 rings (SSSR count). The van der Waals surface area contributed by atoms with Crippen LogP contribution in [-0.4, -0.2) is 26.1 Å². The van der Waals surface area contributed by atoms with E-state index in [1.54, 1.807) is 37.3 Å². The van der Waals surface area contributed by atoms with Crippen molar-refractivity contribution in [3.8, 4) is 6.07 Å². The number of H-pyrrole nitrogens is 1. The molecule has 0 unspecified atom stereocenters. The second-order valence-corrected chi connectivity index (χ2v) is 6.77. The van der Waals surface area contributed by atoms with Gasteiger partial charge in [-0.2, -0.15) is 5.26 Å². The van der Waals surface area contributed by atoms with Gasteiger partial charge in [0.2, 0.25) is 5.91 Å². The summed E-state index contributed by atoms with van der Waals surface area (Å²) in [6.45, 7) is 1.78. The molecule has 0 aliphatic carbocycles. The molecule has 0 fully saturated rings. The number of fused-ring (bicyclic) bond motifs is 1. The lowest BCUT2D eigenvalue weighted by atomic mass is 10.2. The molecule has 1 amide bonds. The van der Waals surface area contributed by atoms with E-state index < -0.39 is 0 Å². The van der Waals surface area contributed by atoms with Crippen molar-refractivity contribution in [3.05, 3.63) is 47.1 Å². The summed E-state index contributed by atoms with van der Waals surface area (Å²) in [5, 5.41) is 12.4. The van der Waals surface area contributed by atoms with E-state index in [1.165, 1.54) is 18.0 Å². The first-order valence-electron chi connectivity index (χ1n) is 7.04. The van der Waals surface area contributed by atoms with Crippen molar-refractivity contribution in [2.75, 3.05) is 5.32 Å². The summed E-state index contributed by atoms with van der Waals surface area (Å²) in [5.41, 5.74) is 2.36. The number of amides is 1. The third-order valence-corrected chi connectivity index (χ3v) is 4.39. The number of halogens is 1. The summed E-state index contributed by atoms with van der Waals surface area (Å²) < 4.78 is 0. The summed E-state index contributed by atoms with van der Waals surface area (Å²) in [5.74, 6) is -0.179. The van der Waals surface area contributed by atoms with Crippen molar-refractivity contribution >= 4 is 46.1 Å². The number of pyridine rings is 1. The van der Waals surface area contributed by atoms with Crippen LogP contribution in [0.2, 0.25) is 5.02 Å². The van der Waals surface area contributed by atoms with Gasteiger partial charge >= 0.3 is 0 Å². The number of nitriles is 1. The second-order valence-electron chi connectivity index (χ2n) is 5.01. The minimum atomic E-state index is -0.383. The third-order valence-electron chi connectivity index (χ3n) is 3.20. The maximum atomic E-state index is 12.3. The van der Waals surface area contributed by atoms with Crippen LogP contribution in [0.1, 0.15) is 12.5 Å². The largest absolute Gasteiger partial charge is 0.331 e. The Morgan fingerprint density at radius 2 is 2.29 bits per heavy atom. The predicted octanol–water partition coefficient (Wildman–Crippen LogP) is 3.60. The van der Waals surface area contributed by atoms with Crippen molar-refractivity contribution in [1.82, 2.24) is 15.0 Å². The third kappa shape index (κ3) is 3.67. The van der Waals surface area contributed by atoms with Gasteiger partial charge in [-0.25, -0.2) is 9.97 Å². The van der Waals surface area contributed by atoms with E-state index in [4.69, 9.17) is 16.9 Å². The molecule has 0 saturated carbocycles. The smallest absolute Gasteiger partial charge is 0.237 e. The Morgan fingerprint density at radius 1 is 1.46 bits per heavy atom. The fourth-order valence-corrected chi connectivity index (χ4v) is 3.01. The number of hydrogen-bond acceptors (Lipinski definition) is 5. The van der Waals surface area contributed by atoms with Gasteiger partial charge in [0.1, 0.15) is 0 Å². The molecule has 6 nitrogen and oxygen atoms in total. The highest BCUT2D eigenvalue weighted by Gasteiger charge is 2.17. The topological polar surface area (TPSA) is 94.5 Å². The number of nitrogens with zero attached hydrogens (tertiary/aromatic N) is 3. The lowest BCUT2D eigenvalue weighted by molar-refractivity contribution is -0.115. The molecule has 120 valence electrons. The van der Waals surface area contributed by atoms with Crippen LogP contribution in [0.15, 0.2) is 41.7 Å². The summed E-state index contributed by atoms with van der Waals surface area (Å²) >= 11 is 7.18. The number of rotatable bonds is 4. The molecule has 0 saturated heterocycles.